The van der Waals surface area contributed by atoms with Crippen molar-refractivity contribution in [2.24, 2.45) is 0 Å². The molecule has 4 nitrogen and oxygen atoms in total. The van der Waals surface area contributed by atoms with E-state index in [0.717, 1.165) is 36.3 Å². The van der Waals surface area contributed by atoms with Gasteiger partial charge in [-0.25, -0.2) is 0 Å². The number of aromatic nitrogens is 1. The van der Waals surface area contributed by atoms with Crippen LogP contribution in [-0.2, 0) is 11.3 Å². The van der Waals surface area contributed by atoms with Crippen molar-refractivity contribution < 1.29 is 9.32 Å². The summed E-state index contributed by atoms with van der Waals surface area (Å²) in [6, 6.07) is 12.0. The minimum absolute atomic E-state index is 0.105. The predicted molar refractivity (Wildman–Crippen MR) is 86.6 cm³/mol. The van der Waals surface area contributed by atoms with Crippen LogP contribution in [0, 0.1) is 6.92 Å². The van der Waals surface area contributed by atoms with Crippen LogP contribution in [0.4, 0.5) is 0 Å². The second-order valence-electron chi connectivity index (χ2n) is 5.73. The van der Waals surface area contributed by atoms with E-state index in [9.17, 15) is 4.79 Å². The van der Waals surface area contributed by atoms with Gasteiger partial charge in [-0.3, -0.25) is 4.79 Å². The third-order valence-corrected chi connectivity index (χ3v) is 5.47. The van der Waals surface area contributed by atoms with Gasteiger partial charge in [0.2, 0.25) is 5.91 Å². The van der Waals surface area contributed by atoms with E-state index in [0.29, 0.717) is 12.3 Å². The van der Waals surface area contributed by atoms with Gasteiger partial charge in [0.25, 0.3) is 0 Å². The van der Waals surface area contributed by atoms with Crippen LogP contribution in [0.25, 0.3) is 0 Å². The monoisotopic (exact) mass is 316 g/mol. The third kappa shape index (κ3) is 3.35. The molecule has 1 aromatic heterocycles. The molecule has 1 fully saturated rings. The van der Waals surface area contributed by atoms with Crippen LogP contribution < -0.4 is 5.32 Å². The van der Waals surface area contributed by atoms with E-state index >= 15 is 0 Å². The van der Waals surface area contributed by atoms with E-state index in [1.807, 2.05) is 31.2 Å². The van der Waals surface area contributed by atoms with Crippen molar-refractivity contribution in [2.45, 2.75) is 48.8 Å². The fraction of sp³-hybridized carbons (Fsp3) is 0.412. The Morgan fingerprint density at radius 3 is 2.68 bits per heavy atom. The van der Waals surface area contributed by atoms with Gasteiger partial charge in [0, 0.05) is 11.0 Å². The molecule has 1 amide bonds. The van der Waals surface area contributed by atoms with E-state index in [4.69, 9.17) is 4.52 Å². The Kier molecular flexibility index (Phi) is 4.52. The van der Waals surface area contributed by atoms with Gasteiger partial charge in [-0.2, -0.15) is 0 Å². The van der Waals surface area contributed by atoms with E-state index < -0.39 is 0 Å². The highest BCUT2D eigenvalue weighted by molar-refractivity contribution is 8.01. The highest BCUT2D eigenvalue weighted by atomic mass is 32.2. The molecule has 22 heavy (non-hydrogen) atoms. The fourth-order valence-corrected chi connectivity index (χ4v) is 4.27. The molecule has 1 heterocycles. The van der Waals surface area contributed by atoms with Gasteiger partial charge in [0.05, 0.1) is 17.0 Å². The van der Waals surface area contributed by atoms with Crippen LogP contribution in [0.3, 0.4) is 0 Å². The van der Waals surface area contributed by atoms with Crippen molar-refractivity contribution in [3.8, 4) is 0 Å². The molecule has 0 spiro atoms. The second kappa shape index (κ2) is 6.57. The first-order chi connectivity index (χ1) is 10.7. The summed E-state index contributed by atoms with van der Waals surface area (Å²) in [5.41, 5.74) is 0.832. The number of hydrogen-bond donors (Lipinski definition) is 1. The van der Waals surface area contributed by atoms with Crippen molar-refractivity contribution in [2.75, 3.05) is 0 Å². The third-order valence-electron chi connectivity index (χ3n) is 3.98. The molecule has 3 rings (SSSR count). The summed E-state index contributed by atoms with van der Waals surface area (Å²) in [4.78, 5) is 13.9. The first kappa shape index (κ1) is 15.2. The van der Waals surface area contributed by atoms with Crippen molar-refractivity contribution in [1.29, 1.82) is 0 Å². The Bertz CT molecular complexity index is 633. The van der Waals surface area contributed by atoms with E-state index in [1.165, 1.54) is 0 Å². The Morgan fingerprint density at radius 2 is 2.05 bits per heavy atom. The Labute approximate surface area is 134 Å². The fourth-order valence-electron chi connectivity index (χ4n) is 2.86. The van der Waals surface area contributed by atoms with Gasteiger partial charge in [-0.15, -0.1) is 11.8 Å². The highest BCUT2D eigenvalue weighted by Gasteiger charge is 2.42. The lowest BCUT2D eigenvalue weighted by molar-refractivity contribution is -0.123. The van der Waals surface area contributed by atoms with Crippen LogP contribution in [0.5, 0.6) is 0 Å². The number of carbonyl (C=O) groups is 1. The van der Waals surface area contributed by atoms with Crippen LogP contribution >= 0.6 is 11.8 Å². The molecule has 1 saturated carbocycles. The summed E-state index contributed by atoms with van der Waals surface area (Å²) < 4.78 is 4.81. The number of nitrogens with zero attached hydrogens (tertiary/aromatic N) is 1. The summed E-state index contributed by atoms with van der Waals surface area (Å²) >= 11 is 1.69. The summed E-state index contributed by atoms with van der Waals surface area (Å²) in [6.07, 6.45) is 4.06. The van der Waals surface area contributed by atoms with E-state index in [-0.39, 0.29) is 10.7 Å². The molecule has 0 unspecified atom stereocenters. The van der Waals surface area contributed by atoms with Crippen molar-refractivity contribution >= 4 is 17.7 Å². The molecule has 1 aromatic carbocycles. The number of thioether (sulfide) groups is 1. The van der Waals surface area contributed by atoms with Gasteiger partial charge in [-0.05, 0) is 31.9 Å². The minimum atomic E-state index is -0.351. The predicted octanol–water partition coefficient (Wildman–Crippen LogP) is 3.70. The summed E-state index contributed by atoms with van der Waals surface area (Å²) in [6.45, 7) is 2.27. The van der Waals surface area contributed by atoms with Gasteiger partial charge in [0.15, 0.2) is 5.76 Å². The average molecular weight is 316 g/mol. The summed E-state index contributed by atoms with van der Waals surface area (Å²) in [5, 5.41) is 6.87. The van der Waals surface area contributed by atoms with E-state index in [1.54, 1.807) is 11.8 Å². The molecule has 0 aliphatic heterocycles. The highest BCUT2D eigenvalue weighted by Crippen LogP contribution is 2.45. The smallest absolute Gasteiger partial charge is 0.236 e. The lowest BCUT2D eigenvalue weighted by Crippen LogP contribution is -2.41. The van der Waals surface area contributed by atoms with Gasteiger partial charge >= 0.3 is 0 Å². The standard InChI is InChI=1S/C17H20N2O2S/c1-13-11-14(21-19-13)12-18-16(20)17(9-5-6-10-17)22-15-7-3-2-4-8-15/h2-4,7-8,11H,5-6,9-10,12H2,1H3,(H,18,20). The molecule has 116 valence electrons. The van der Waals surface area contributed by atoms with Gasteiger partial charge < -0.3 is 9.84 Å². The first-order valence-electron chi connectivity index (χ1n) is 7.62. The van der Waals surface area contributed by atoms with Crippen LogP contribution in [0.1, 0.15) is 37.1 Å². The maximum atomic E-state index is 12.8. The van der Waals surface area contributed by atoms with Crippen LogP contribution in [0.2, 0.25) is 0 Å². The van der Waals surface area contributed by atoms with Gasteiger partial charge in [0.1, 0.15) is 0 Å². The molecule has 1 aliphatic carbocycles. The van der Waals surface area contributed by atoms with E-state index in [2.05, 4.69) is 22.6 Å². The molecular weight excluding hydrogens is 296 g/mol. The molecule has 5 heteroatoms. The number of aryl methyl sites for hydroxylation is 1. The Balaban J connectivity index is 1.68. The number of carbonyl (C=O) groups excluding carboxylic acids is 1. The molecule has 0 bridgehead atoms. The largest absolute Gasteiger partial charge is 0.359 e. The average Bonchev–Trinajstić information content (AvgIpc) is 3.16. The molecule has 0 atom stereocenters. The summed E-state index contributed by atoms with van der Waals surface area (Å²) in [7, 11) is 0. The zero-order valence-electron chi connectivity index (χ0n) is 12.7. The quantitative estimate of drug-likeness (QED) is 0.913. The molecule has 1 aliphatic rings. The van der Waals surface area contributed by atoms with Crippen molar-refractivity contribution in [3.63, 3.8) is 0 Å². The molecule has 1 N–H and O–H groups in total. The Morgan fingerprint density at radius 1 is 1.32 bits per heavy atom. The first-order valence-corrected chi connectivity index (χ1v) is 8.44. The number of amides is 1. The van der Waals surface area contributed by atoms with Crippen molar-refractivity contribution in [1.82, 2.24) is 10.5 Å². The molecular formula is C17H20N2O2S. The maximum Gasteiger partial charge on any atom is 0.236 e. The Hall–Kier alpha value is -1.75. The summed E-state index contributed by atoms with van der Waals surface area (Å²) in [5.74, 6) is 0.802. The zero-order chi connectivity index (χ0) is 15.4. The second-order valence-corrected chi connectivity index (χ2v) is 7.19. The number of hydrogen-bond acceptors (Lipinski definition) is 4. The van der Waals surface area contributed by atoms with Gasteiger partial charge in [-0.1, -0.05) is 36.2 Å². The number of benzene rings is 1. The lowest BCUT2D eigenvalue weighted by atomic mass is 10.1. The minimum Gasteiger partial charge on any atom is -0.359 e. The molecule has 0 radical (unpaired) electrons. The van der Waals surface area contributed by atoms with Crippen LogP contribution in [-0.4, -0.2) is 15.8 Å². The SMILES string of the molecule is Cc1cc(CNC(=O)C2(Sc3ccccc3)CCCC2)on1. The topological polar surface area (TPSA) is 55.1 Å². The number of rotatable bonds is 5. The lowest BCUT2D eigenvalue weighted by Gasteiger charge is -2.26. The van der Waals surface area contributed by atoms with Crippen LogP contribution in [0.15, 0.2) is 45.8 Å². The molecule has 2 aromatic rings. The zero-order valence-corrected chi connectivity index (χ0v) is 13.5. The molecule has 0 saturated heterocycles. The number of nitrogens with one attached hydrogen (secondary N) is 1. The van der Waals surface area contributed by atoms with Crippen molar-refractivity contribution in [3.05, 3.63) is 47.9 Å². The maximum absolute atomic E-state index is 12.8. The normalized spacial score (nSPS) is 16.6.